The Balaban J connectivity index is -0.000000240. The normalized spacial score (nSPS) is 14.1. The van der Waals surface area contributed by atoms with Gasteiger partial charge in [0, 0.05) is 16.2 Å². The number of allylic oxidation sites excluding steroid dienone is 6. The van der Waals surface area contributed by atoms with E-state index < -0.39 is 32.5 Å². The third kappa shape index (κ3) is 21.7. The second kappa shape index (κ2) is 16.6. The quantitative estimate of drug-likeness (QED) is 0.275. The van der Waals surface area contributed by atoms with Gasteiger partial charge < -0.3 is 15.3 Å². The van der Waals surface area contributed by atoms with Gasteiger partial charge >= 0.3 is 39.9 Å². The summed E-state index contributed by atoms with van der Waals surface area (Å²) in [7, 11) is 0. The maximum atomic E-state index is 11.4. The van der Waals surface area contributed by atoms with E-state index in [1.165, 1.54) is 18.2 Å². The molecule has 0 spiro atoms. The van der Waals surface area contributed by atoms with Gasteiger partial charge in [-0.2, -0.15) is 0 Å². The maximum Gasteiger partial charge on any atom is 3.00 e. The minimum Gasteiger partial charge on any atom is -0.875 e. The van der Waals surface area contributed by atoms with Crippen LogP contribution in [0.3, 0.4) is 0 Å². The van der Waals surface area contributed by atoms with Gasteiger partial charge in [-0.15, -0.1) is 17.3 Å². The van der Waals surface area contributed by atoms with Gasteiger partial charge in [0.2, 0.25) is 0 Å². The fourth-order valence-electron chi connectivity index (χ4n) is 1.66. The molecule has 40 heavy (non-hydrogen) atoms. The van der Waals surface area contributed by atoms with E-state index in [4.69, 9.17) is 0 Å². The van der Waals surface area contributed by atoms with E-state index in [2.05, 4.69) is 0 Å². The molecule has 0 unspecified atom stereocenters. The molecule has 0 bridgehead atoms. The van der Waals surface area contributed by atoms with Crippen molar-refractivity contribution in [1.29, 1.82) is 0 Å². The van der Waals surface area contributed by atoms with Gasteiger partial charge in [0.05, 0.1) is 0 Å². The number of rotatable bonds is 3. The Labute approximate surface area is 277 Å². The van der Waals surface area contributed by atoms with Crippen LogP contribution in [0.4, 0.5) is 0 Å². The van der Waals surface area contributed by atoms with Crippen molar-refractivity contribution in [2.24, 2.45) is 32.5 Å². The zero-order valence-corrected chi connectivity index (χ0v) is 30.8. The summed E-state index contributed by atoms with van der Waals surface area (Å²) in [5, 5.41) is 34.3. The SMILES string of the molecule is CC(C)(C)C(=O)C=C([O-])C(C)(C)C.CC(C)(C)C(=O)C=C([O-])C(C)(C)C.CC(C)(C)C(=O)C=C([O-])C(C)(C)C.[Gd+3]. The molecule has 0 rings (SSSR count). The fourth-order valence-corrected chi connectivity index (χ4v) is 1.66. The smallest absolute Gasteiger partial charge is 0.875 e. The number of carbonyl (C=O) groups excluding carboxylic acids is 3. The Kier molecular flexibility index (Phi) is 19.0. The van der Waals surface area contributed by atoms with Crippen molar-refractivity contribution < 1.29 is 69.6 Å². The molecule has 0 atom stereocenters. The van der Waals surface area contributed by atoms with Crippen LogP contribution in [-0.2, 0) is 14.4 Å². The van der Waals surface area contributed by atoms with E-state index in [1.54, 1.807) is 0 Å². The molecule has 233 valence electrons. The summed E-state index contributed by atoms with van der Waals surface area (Å²) in [6.45, 7) is 32.5. The van der Waals surface area contributed by atoms with Gasteiger partial charge in [0.15, 0.2) is 17.3 Å². The Morgan fingerprint density at radius 1 is 0.350 bits per heavy atom. The molecule has 0 heterocycles. The third-order valence-electron chi connectivity index (χ3n) is 5.22. The Morgan fingerprint density at radius 3 is 0.550 bits per heavy atom. The zero-order valence-electron chi connectivity index (χ0n) is 28.5. The second-order valence-corrected chi connectivity index (χ2v) is 16.1. The minimum atomic E-state index is -0.457. The van der Waals surface area contributed by atoms with Crippen molar-refractivity contribution in [2.75, 3.05) is 0 Å². The molecule has 6 nitrogen and oxygen atoms in total. The van der Waals surface area contributed by atoms with Crippen LogP contribution in [0.1, 0.15) is 125 Å². The first-order chi connectivity index (χ1) is 16.6. The van der Waals surface area contributed by atoms with Crippen molar-refractivity contribution in [2.45, 2.75) is 125 Å². The molecule has 0 saturated heterocycles. The monoisotopic (exact) mass is 707 g/mol. The maximum absolute atomic E-state index is 11.4. The number of carbonyl (C=O) groups is 3. The van der Waals surface area contributed by atoms with Gasteiger partial charge in [-0.3, -0.25) is 14.4 Å². The van der Waals surface area contributed by atoms with E-state index in [-0.39, 0.29) is 74.6 Å². The first-order valence-electron chi connectivity index (χ1n) is 13.5. The molecule has 0 N–H and O–H groups in total. The van der Waals surface area contributed by atoms with E-state index in [0.29, 0.717) is 0 Å². The van der Waals surface area contributed by atoms with Crippen molar-refractivity contribution in [3.8, 4) is 0 Å². The van der Waals surface area contributed by atoms with Crippen molar-refractivity contribution >= 4 is 17.3 Å². The molecule has 0 aliphatic rings. The molecular formula is C33H57GdO6. The molecule has 1 radical (unpaired) electrons. The van der Waals surface area contributed by atoms with Crippen LogP contribution in [0.5, 0.6) is 0 Å². The van der Waals surface area contributed by atoms with Gasteiger partial charge in [-0.1, -0.05) is 125 Å². The number of hydrogen-bond acceptors (Lipinski definition) is 6. The van der Waals surface area contributed by atoms with Crippen LogP contribution in [0.2, 0.25) is 0 Å². The largest absolute Gasteiger partial charge is 3.00 e. The molecule has 0 amide bonds. The summed E-state index contributed by atoms with van der Waals surface area (Å²) < 4.78 is 0. The van der Waals surface area contributed by atoms with Crippen LogP contribution in [-0.4, -0.2) is 17.3 Å². The minimum absolute atomic E-state index is 0. The predicted octanol–water partition coefficient (Wildman–Crippen LogP) is 5.68. The molecule has 0 saturated carbocycles. The molecular weight excluding hydrogens is 650 g/mol. The van der Waals surface area contributed by atoms with E-state index in [9.17, 15) is 29.7 Å². The van der Waals surface area contributed by atoms with Crippen LogP contribution in [0, 0.1) is 72.4 Å². The van der Waals surface area contributed by atoms with Crippen molar-refractivity contribution in [3.63, 3.8) is 0 Å². The van der Waals surface area contributed by atoms with E-state index in [0.717, 1.165) is 0 Å². The van der Waals surface area contributed by atoms with Crippen LogP contribution < -0.4 is 15.3 Å². The summed E-state index contributed by atoms with van der Waals surface area (Å²) in [6, 6.07) is 0. The van der Waals surface area contributed by atoms with Crippen molar-refractivity contribution in [3.05, 3.63) is 35.5 Å². The Bertz CT molecular complexity index is 801. The predicted molar refractivity (Wildman–Crippen MR) is 156 cm³/mol. The molecule has 7 heteroatoms. The third-order valence-corrected chi connectivity index (χ3v) is 5.22. The summed E-state index contributed by atoms with van der Waals surface area (Å²) in [6.07, 6.45) is 3.67. The molecule has 0 aliphatic carbocycles. The molecule has 0 aromatic rings. The second-order valence-electron chi connectivity index (χ2n) is 16.1. The summed E-state index contributed by atoms with van der Waals surface area (Å²) >= 11 is 0. The average Bonchev–Trinajstić information content (AvgIpc) is 2.64. The van der Waals surface area contributed by atoms with Gasteiger partial charge in [-0.25, -0.2) is 0 Å². The van der Waals surface area contributed by atoms with Gasteiger partial charge in [-0.05, 0) is 34.5 Å². The standard InChI is InChI=1S/3C11H20O2.Gd/c3*1-10(2,3)8(12)7-9(13)11(4,5)6;/h3*7,12H,1-6H3;/q;;;+3/p-3. The van der Waals surface area contributed by atoms with E-state index >= 15 is 0 Å². The first kappa shape index (κ1) is 45.9. The zero-order chi connectivity index (χ0) is 32.6. The topological polar surface area (TPSA) is 120 Å². The van der Waals surface area contributed by atoms with Gasteiger partial charge in [0.1, 0.15) is 0 Å². The Hall–Kier alpha value is -1.05. The molecule has 0 aromatic heterocycles. The van der Waals surface area contributed by atoms with Gasteiger partial charge in [0.25, 0.3) is 0 Å². The number of ketones is 3. The average molecular weight is 707 g/mol. The van der Waals surface area contributed by atoms with Crippen LogP contribution in [0.25, 0.3) is 0 Å². The molecule has 0 fully saturated rings. The Morgan fingerprint density at radius 2 is 0.475 bits per heavy atom. The number of hydrogen-bond donors (Lipinski definition) is 0. The molecule has 0 aromatic carbocycles. The summed E-state index contributed by atoms with van der Waals surface area (Å²) in [4.78, 5) is 34.3. The summed E-state index contributed by atoms with van der Waals surface area (Å²) in [5.41, 5.74) is -2.74. The van der Waals surface area contributed by atoms with Crippen molar-refractivity contribution in [1.82, 2.24) is 0 Å². The van der Waals surface area contributed by atoms with Crippen LogP contribution in [0.15, 0.2) is 35.5 Å². The van der Waals surface area contributed by atoms with Crippen LogP contribution >= 0.6 is 0 Å². The van der Waals surface area contributed by atoms with E-state index in [1.807, 2.05) is 125 Å². The summed E-state index contributed by atoms with van der Waals surface area (Å²) in [5.74, 6) is -0.625. The molecule has 0 aliphatic heterocycles. The first-order valence-corrected chi connectivity index (χ1v) is 13.5. The fraction of sp³-hybridized carbons (Fsp3) is 0.727.